The van der Waals surface area contributed by atoms with Gasteiger partial charge in [-0.05, 0) is 31.2 Å². The second-order valence-corrected chi connectivity index (χ2v) is 6.13. The lowest BCUT2D eigenvalue weighted by Crippen LogP contribution is -2.39. The molecular weight excluding hydrogens is 272 g/mol. The van der Waals surface area contributed by atoms with Crippen LogP contribution < -0.4 is 15.8 Å². The maximum absolute atomic E-state index is 11.9. The van der Waals surface area contributed by atoms with Gasteiger partial charge in [0.1, 0.15) is 5.75 Å². The van der Waals surface area contributed by atoms with Crippen LogP contribution in [-0.2, 0) is 4.79 Å². The van der Waals surface area contributed by atoms with Gasteiger partial charge in [0.2, 0.25) is 5.91 Å². The number of hydrogen-bond acceptors (Lipinski definition) is 4. The molecule has 4 nitrogen and oxygen atoms in total. The predicted molar refractivity (Wildman–Crippen MR) is 84.1 cm³/mol. The molecular formula is C15H22N2O2S. The summed E-state index contributed by atoms with van der Waals surface area (Å²) in [6.07, 6.45) is 5.99. The number of anilines is 1. The normalized spacial score (nSPS) is 21.6. The zero-order valence-electron chi connectivity index (χ0n) is 11.8. The fourth-order valence-electron chi connectivity index (χ4n) is 2.52. The summed E-state index contributed by atoms with van der Waals surface area (Å²) in [5.41, 5.74) is 6.34. The van der Waals surface area contributed by atoms with E-state index in [1.54, 1.807) is 6.07 Å². The van der Waals surface area contributed by atoms with Crippen LogP contribution in [0.15, 0.2) is 24.3 Å². The Balaban J connectivity index is 1.70. The van der Waals surface area contributed by atoms with Crippen molar-refractivity contribution in [2.75, 3.05) is 18.6 Å². The first-order valence-corrected chi connectivity index (χ1v) is 8.28. The topological polar surface area (TPSA) is 64.3 Å². The molecule has 3 N–H and O–H groups in total. The van der Waals surface area contributed by atoms with Crippen LogP contribution in [0.25, 0.3) is 0 Å². The van der Waals surface area contributed by atoms with E-state index in [-0.39, 0.29) is 5.91 Å². The van der Waals surface area contributed by atoms with E-state index in [0.717, 1.165) is 6.42 Å². The minimum atomic E-state index is 0.0693. The quantitative estimate of drug-likeness (QED) is 0.791. The molecule has 110 valence electrons. The summed E-state index contributed by atoms with van der Waals surface area (Å²) >= 11 is 1.84. The van der Waals surface area contributed by atoms with Gasteiger partial charge in [-0.3, -0.25) is 4.79 Å². The minimum Gasteiger partial charge on any atom is -0.493 e. The molecule has 0 heterocycles. The van der Waals surface area contributed by atoms with Gasteiger partial charge in [-0.2, -0.15) is 11.8 Å². The van der Waals surface area contributed by atoms with Gasteiger partial charge in [0, 0.05) is 23.0 Å². The third-order valence-corrected chi connectivity index (χ3v) is 4.73. The summed E-state index contributed by atoms with van der Waals surface area (Å²) in [5, 5.41) is 3.68. The summed E-state index contributed by atoms with van der Waals surface area (Å²) in [7, 11) is 0. The third kappa shape index (κ3) is 4.34. The van der Waals surface area contributed by atoms with Crippen LogP contribution in [0.5, 0.6) is 5.75 Å². The number of nitrogen functional groups attached to an aromatic ring is 1. The molecule has 1 aliphatic carbocycles. The van der Waals surface area contributed by atoms with Crippen LogP contribution in [0, 0.1) is 0 Å². The van der Waals surface area contributed by atoms with E-state index >= 15 is 0 Å². The van der Waals surface area contributed by atoms with Crippen molar-refractivity contribution in [2.24, 2.45) is 0 Å². The number of nitrogens with two attached hydrogens (primary N) is 1. The van der Waals surface area contributed by atoms with Gasteiger partial charge in [0.05, 0.1) is 13.0 Å². The maximum Gasteiger partial charge on any atom is 0.223 e. The van der Waals surface area contributed by atoms with Crippen LogP contribution in [-0.4, -0.2) is 30.1 Å². The number of thioether (sulfide) groups is 1. The Morgan fingerprint density at radius 2 is 2.35 bits per heavy atom. The van der Waals surface area contributed by atoms with Crippen LogP contribution >= 0.6 is 11.8 Å². The first kappa shape index (κ1) is 15.0. The molecule has 20 heavy (non-hydrogen) atoms. The summed E-state index contributed by atoms with van der Waals surface area (Å²) in [6.45, 7) is 0.381. The Kier molecular flexibility index (Phi) is 5.59. The van der Waals surface area contributed by atoms with Gasteiger partial charge < -0.3 is 15.8 Å². The molecule has 0 aromatic heterocycles. The number of ether oxygens (including phenoxy) is 1. The summed E-state index contributed by atoms with van der Waals surface area (Å²) in [4.78, 5) is 11.9. The molecule has 1 aliphatic rings. The smallest absolute Gasteiger partial charge is 0.223 e. The van der Waals surface area contributed by atoms with Gasteiger partial charge in [-0.15, -0.1) is 0 Å². The second-order valence-electron chi connectivity index (χ2n) is 5.05. The average molecular weight is 294 g/mol. The lowest BCUT2D eigenvalue weighted by atomic mass is 10.2. The molecule has 0 spiro atoms. The third-order valence-electron chi connectivity index (χ3n) is 3.56. The van der Waals surface area contributed by atoms with E-state index in [0.29, 0.717) is 35.8 Å². The molecule has 1 fully saturated rings. The standard InChI is InChI=1S/C15H22N2O2S/c1-20-14-7-3-6-13(14)17-15(18)8-9-19-12-5-2-4-11(16)10-12/h2,4-5,10,13-14H,3,6-9,16H2,1H3,(H,17,18). The van der Waals surface area contributed by atoms with Crippen LogP contribution in [0.1, 0.15) is 25.7 Å². The van der Waals surface area contributed by atoms with E-state index in [9.17, 15) is 4.79 Å². The largest absolute Gasteiger partial charge is 0.493 e. The summed E-state index contributed by atoms with van der Waals surface area (Å²) in [6, 6.07) is 7.58. The van der Waals surface area contributed by atoms with E-state index in [2.05, 4.69) is 11.6 Å². The number of carbonyl (C=O) groups is 1. The zero-order chi connectivity index (χ0) is 14.4. The van der Waals surface area contributed by atoms with Crippen molar-refractivity contribution >= 4 is 23.4 Å². The van der Waals surface area contributed by atoms with Gasteiger partial charge in [-0.1, -0.05) is 12.5 Å². The highest BCUT2D eigenvalue weighted by molar-refractivity contribution is 7.99. The van der Waals surface area contributed by atoms with Gasteiger partial charge >= 0.3 is 0 Å². The molecule has 0 radical (unpaired) electrons. The van der Waals surface area contributed by atoms with Crippen molar-refractivity contribution in [3.05, 3.63) is 24.3 Å². The van der Waals surface area contributed by atoms with Gasteiger partial charge in [0.25, 0.3) is 0 Å². The molecule has 1 aromatic carbocycles. The second kappa shape index (κ2) is 7.43. The number of benzene rings is 1. The van der Waals surface area contributed by atoms with Crippen molar-refractivity contribution in [2.45, 2.75) is 37.0 Å². The molecule has 1 saturated carbocycles. The number of hydrogen-bond donors (Lipinski definition) is 2. The molecule has 2 rings (SSSR count). The average Bonchev–Trinajstić information content (AvgIpc) is 2.86. The fraction of sp³-hybridized carbons (Fsp3) is 0.533. The molecule has 2 unspecified atom stereocenters. The highest BCUT2D eigenvalue weighted by atomic mass is 32.2. The Hall–Kier alpha value is -1.36. The maximum atomic E-state index is 11.9. The Bertz CT molecular complexity index is 453. The van der Waals surface area contributed by atoms with Crippen LogP contribution in [0.2, 0.25) is 0 Å². The SMILES string of the molecule is CSC1CCCC1NC(=O)CCOc1cccc(N)c1. The first-order valence-electron chi connectivity index (χ1n) is 6.99. The Morgan fingerprint density at radius 3 is 3.10 bits per heavy atom. The van der Waals surface area contributed by atoms with Gasteiger partial charge in [-0.25, -0.2) is 0 Å². The van der Waals surface area contributed by atoms with E-state index in [4.69, 9.17) is 10.5 Å². The van der Waals surface area contributed by atoms with Crippen molar-refractivity contribution < 1.29 is 9.53 Å². The van der Waals surface area contributed by atoms with Crippen LogP contribution in [0.4, 0.5) is 5.69 Å². The van der Waals surface area contributed by atoms with Crippen molar-refractivity contribution in [3.8, 4) is 5.75 Å². The number of carbonyl (C=O) groups excluding carboxylic acids is 1. The Morgan fingerprint density at radius 1 is 1.50 bits per heavy atom. The Labute approximate surface area is 124 Å². The lowest BCUT2D eigenvalue weighted by molar-refractivity contribution is -0.122. The molecule has 5 heteroatoms. The highest BCUT2D eigenvalue weighted by Crippen LogP contribution is 2.28. The van der Waals surface area contributed by atoms with Crippen molar-refractivity contribution in [1.82, 2.24) is 5.32 Å². The molecule has 0 saturated heterocycles. The number of nitrogens with one attached hydrogen (secondary N) is 1. The van der Waals surface area contributed by atoms with Crippen LogP contribution in [0.3, 0.4) is 0 Å². The molecule has 1 amide bonds. The molecule has 0 aliphatic heterocycles. The fourth-order valence-corrected chi connectivity index (χ4v) is 3.45. The van der Waals surface area contributed by atoms with Crippen molar-refractivity contribution in [3.63, 3.8) is 0 Å². The lowest BCUT2D eigenvalue weighted by Gasteiger charge is -2.19. The highest BCUT2D eigenvalue weighted by Gasteiger charge is 2.27. The summed E-state index contributed by atoms with van der Waals surface area (Å²) < 4.78 is 5.53. The number of rotatable bonds is 6. The monoisotopic (exact) mass is 294 g/mol. The zero-order valence-corrected chi connectivity index (χ0v) is 12.6. The van der Waals surface area contributed by atoms with E-state index in [1.165, 1.54) is 12.8 Å². The molecule has 1 aromatic rings. The van der Waals surface area contributed by atoms with Gasteiger partial charge in [0.15, 0.2) is 0 Å². The predicted octanol–water partition coefficient (Wildman–Crippen LogP) is 2.44. The molecule has 0 bridgehead atoms. The molecule has 2 atom stereocenters. The summed E-state index contributed by atoms with van der Waals surface area (Å²) in [5.74, 6) is 0.778. The minimum absolute atomic E-state index is 0.0693. The van der Waals surface area contributed by atoms with Crippen molar-refractivity contribution in [1.29, 1.82) is 0 Å². The van der Waals surface area contributed by atoms with E-state index in [1.807, 2.05) is 30.0 Å². The number of amides is 1. The first-order chi connectivity index (χ1) is 9.69. The van der Waals surface area contributed by atoms with E-state index < -0.39 is 0 Å².